The number of carbonyl (C=O) groups excluding carboxylic acids is 1. The van der Waals surface area contributed by atoms with Crippen molar-refractivity contribution in [2.24, 2.45) is 0 Å². The lowest BCUT2D eigenvalue weighted by molar-refractivity contribution is 0.102. The fraction of sp³-hybridized carbons (Fsp3) is 0.0714. The molecule has 0 aliphatic heterocycles. The Kier molecular flexibility index (Phi) is 4.45. The standard InChI is InChI=1S/C14H11Cl2NO4/c1-21-11-4-2-3-8(12(11)18)14(20)17-7-5-9(15)13(19)10(16)6-7/h2-6,18-19H,1H3,(H,17,20). The van der Waals surface area contributed by atoms with Crippen LogP contribution in [0.5, 0.6) is 17.2 Å². The Morgan fingerprint density at radius 1 is 1.14 bits per heavy atom. The lowest BCUT2D eigenvalue weighted by atomic mass is 10.1. The normalized spacial score (nSPS) is 10.2. The van der Waals surface area contributed by atoms with Gasteiger partial charge in [-0.25, -0.2) is 0 Å². The number of aromatic hydroxyl groups is 2. The third-order valence-corrected chi connectivity index (χ3v) is 3.31. The molecule has 0 spiro atoms. The minimum Gasteiger partial charge on any atom is -0.505 e. The molecule has 2 rings (SSSR count). The average Bonchev–Trinajstić information content (AvgIpc) is 2.44. The quantitative estimate of drug-likeness (QED) is 0.751. The number of carbonyl (C=O) groups is 1. The van der Waals surface area contributed by atoms with E-state index in [0.717, 1.165) is 0 Å². The Hall–Kier alpha value is -2.11. The number of nitrogens with one attached hydrogen (secondary N) is 1. The Morgan fingerprint density at radius 3 is 2.33 bits per heavy atom. The Labute approximate surface area is 130 Å². The van der Waals surface area contributed by atoms with Crippen molar-refractivity contribution in [3.63, 3.8) is 0 Å². The maximum absolute atomic E-state index is 12.1. The van der Waals surface area contributed by atoms with E-state index in [0.29, 0.717) is 0 Å². The minimum atomic E-state index is -0.566. The number of para-hydroxylation sites is 1. The summed E-state index contributed by atoms with van der Waals surface area (Å²) in [6, 6.07) is 7.23. The number of halogens is 2. The molecule has 5 nitrogen and oxygen atoms in total. The summed E-state index contributed by atoms with van der Waals surface area (Å²) >= 11 is 11.5. The van der Waals surface area contributed by atoms with E-state index in [4.69, 9.17) is 27.9 Å². The van der Waals surface area contributed by atoms with Crippen molar-refractivity contribution in [1.82, 2.24) is 0 Å². The molecule has 0 unspecified atom stereocenters. The highest BCUT2D eigenvalue weighted by atomic mass is 35.5. The summed E-state index contributed by atoms with van der Waals surface area (Å²) < 4.78 is 4.93. The van der Waals surface area contributed by atoms with Gasteiger partial charge in [0.1, 0.15) is 0 Å². The molecular formula is C14H11Cl2NO4. The largest absolute Gasteiger partial charge is 0.505 e. The summed E-state index contributed by atoms with van der Waals surface area (Å²) in [5.41, 5.74) is 0.324. The number of anilines is 1. The minimum absolute atomic E-state index is 0.00710. The summed E-state index contributed by atoms with van der Waals surface area (Å²) in [6.45, 7) is 0. The number of phenolic OH excluding ortho intramolecular Hbond substituents is 2. The van der Waals surface area contributed by atoms with Crippen molar-refractivity contribution in [1.29, 1.82) is 0 Å². The van der Waals surface area contributed by atoms with E-state index in [2.05, 4.69) is 5.32 Å². The number of ether oxygens (including phenoxy) is 1. The highest BCUT2D eigenvalue weighted by molar-refractivity contribution is 6.37. The van der Waals surface area contributed by atoms with Crippen LogP contribution in [0, 0.1) is 0 Å². The first kappa shape index (κ1) is 15.3. The van der Waals surface area contributed by atoms with Gasteiger partial charge in [0.15, 0.2) is 17.2 Å². The van der Waals surface area contributed by atoms with Crippen LogP contribution in [0.15, 0.2) is 30.3 Å². The molecule has 0 bridgehead atoms. The van der Waals surface area contributed by atoms with Gasteiger partial charge in [0, 0.05) is 5.69 Å². The Morgan fingerprint density at radius 2 is 1.76 bits per heavy atom. The molecule has 7 heteroatoms. The molecule has 0 saturated heterocycles. The van der Waals surface area contributed by atoms with Crippen LogP contribution in [0.2, 0.25) is 10.0 Å². The monoisotopic (exact) mass is 327 g/mol. The van der Waals surface area contributed by atoms with Crippen molar-refractivity contribution in [3.05, 3.63) is 45.9 Å². The molecule has 0 atom stereocenters. The van der Waals surface area contributed by atoms with E-state index in [1.54, 1.807) is 6.07 Å². The second-order valence-electron chi connectivity index (χ2n) is 4.10. The van der Waals surface area contributed by atoms with Crippen LogP contribution in [0.1, 0.15) is 10.4 Å². The molecule has 0 radical (unpaired) electrons. The molecule has 21 heavy (non-hydrogen) atoms. The van der Waals surface area contributed by atoms with Crippen molar-refractivity contribution >= 4 is 34.8 Å². The van der Waals surface area contributed by atoms with Crippen LogP contribution in [0.4, 0.5) is 5.69 Å². The second kappa shape index (κ2) is 6.11. The van der Waals surface area contributed by atoms with Crippen LogP contribution in [0.25, 0.3) is 0 Å². The van der Waals surface area contributed by atoms with Gasteiger partial charge >= 0.3 is 0 Å². The summed E-state index contributed by atoms with van der Waals surface area (Å²) in [5, 5.41) is 21.9. The molecule has 0 heterocycles. The molecule has 2 aromatic rings. The molecule has 0 saturated carbocycles. The maximum Gasteiger partial charge on any atom is 0.259 e. The summed E-state index contributed by atoms with van der Waals surface area (Å²) in [7, 11) is 1.39. The highest BCUT2D eigenvalue weighted by Crippen LogP contribution is 2.35. The zero-order chi connectivity index (χ0) is 15.6. The third kappa shape index (κ3) is 3.15. The number of benzene rings is 2. The molecule has 1 amide bonds. The molecule has 2 aromatic carbocycles. The topological polar surface area (TPSA) is 78.8 Å². The number of phenols is 2. The molecule has 0 fully saturated rings. The molecule has 0 aliphatic carbocycles. The molecule has 0 aliphatic rings. The first-order chi connectivity index (χ1) is 9.93. The number of amides is 1. The maximum atomic E-state index is 12.1. The lowest BCUT2D eigenvalue weighted by Crippen LogP contribution is -2.12. The van der Waals surface area contributed by atoms with Crippen LogP contribution >= 0.6 is 23.2 Å². The van der Waals surface area contributed by atoms with Gasteiger partial charge in [-0.1, -0.05) is 29.3 Å². The van der Waals surface area contributed by atoms with E-state index in [9.17, 15) is 15.0 Å². The fourth-order valence-corrected chi connectivity index (χ4v) is 2.19. The zero-order valence-electron chi connectivity index (χ0n) is 10.9. The van der Waals surface area contributed by atoms with Gasteiger partial charge in [-0.15, -0.1) is 0 Å². The number of hydrogen-bond donors (Lipinski definition) is 3. The predicted octanol–water partition coefficient (Wildman–Crippen LogP) is 3.67. The molecule has 110 valence electrons. The van der Waals surface area contributed by atoms with Gasteiger partial charge in [0.05, 0.1) is 22.7 Å². The number of hydrogen-bond acceptors (Lipinski definition) is 4. The van der Waals surface area contributed by atoms with Crippen molar-refractivity contribution in [2.75, 3.05) is 12.4 Å². The van der Waals surface area contributed by atoms with E-state index in [1.807, 2.05) is 0 Å². The summed E-state index contributed by atoms with van der Waals surface area (Å²) in [5.74, 6) is -0.914. The van der Waals surface area contributed by atoms with Crippen LogP contribution in [-0.4, -0.2) is 23.2 Å². The van der Waals surface area contributed by atoms with Gasteiger partial charge in [0.2, 0.25) is 0 Å². The van der Waals surface area contributed by atoms with Crippen molar-refractivity contribution in [2.45, 2.75) is 0 Å². The average molecular weight is 328 g/mol. The van der Waals surface area contributed by atoms with E-state index in [-0.39, 0.29) is 38.5 Å². The van der Waals surface area contributed by atoms with Crippen LogP contribution in [0.3, 0.4) is 0 Å². The van der Waals surface area contributed by atoms with E-state index in [1.165, 1.54) is 31.4 Å². The van der Waals surface area contributed by atoms with E-state index < -0.39 is 5.91 Å². The predicted molar refractivity (Wildman–Crippen MR) is 80.7 cm³/mol. The zero-order valence-corrected chi connectivity index (χ0v) is 12.4. The van der Waals surface area contributed by atoms with Gasteiger partial charge in [-0.3, -0.25) is 4.79 Å². The smallest absolute Gasteiger partial charge is 0.259 e. The molecule has 3 N–H and O–H groups in total. The summed E-state index contributed by atoms with van der Waals surface area (Å²) in [4.78, 5) is 12.1. The van der Waals surface area contributed by atoms with Gasteiger partial charge < -0.3 is 20.3 Å². The fourth-order valence-electron chi connectivity index (χ4n) is 1.71. The first-order valence-electron chi connectivity index (χ1n) is 5.79. The Balaban J connectivity index is 2.30. The van der Waals surface area contributed by atoms with Gasteiger partial charge in [0.25, 0.3) is 5.91 Å². The first-order valence-corrected chi connectivity index (χ1v) is 6.55. The lowest BCUT2D eigenvalue weighted by Gasteiger charge is -2.10. The van der Waals surface area contributed by atoms with Crippen LogP contribution < -0.4 is 10.1 Å². The molecule has 0 aromatic heterocycles. The highest BCUT2D eigenvalue weighted by Gasteiger charge is 2.16. The third-order valence-electron chi connectivity index (χ3n) is 2.74. The van der Waals surface area contributed by atoms with Crippen molar-refractivity contribution in [3.8, 4) is 17.2 Å². The van der Waals surface area contributed by atoms with Crippen molar-refractivity contribution < 1.29 is 19.7 Å². The van der Waals surface area contributed by atoms with Gasteiger partial charge in [-0.05, 0) is 24.3 Å². The molecular weight excluding hydrogens is 317 g/mol. The SMILES string of the molecule is COc1cccc(C(=O)Nc2cc(Cl)c(O)c(Cl)c2)c1O. The van der Waals surface area contributed by atoms with Gasteiger partial charge in [-0.2, -0.15) is 0 Å². The second-order valence-corrected chi connectivity index (χ2v) is 4.91. The Bertz CT molecular complexity index is 680. The number of methoxy groups -OCH3 is 1. The van der Waals surface area contributed by atoms with Crippen LogP contribution in [-0.2, 0) is 0 Å². The number of rotatable bonds is 3. The van der Waals surface area contributed by atoms with E-state index >= 15 is 0 Å². The summed E-state index contributed by atoms with van der Waals surface area (Å²) in [6.07, 6.45) is 0.